The monoisotopic (exact) mass is 278 g/mol. The van der Waals surface area contributed by atoms with Crippen LogP contribution in [0.15, 0.2) is 61.7 Å². The van der Waals surface area contributed by atoms with E-state index in [1.54, 1.807) is 6.08 Å². The molecule has 0 aliphatic heterocycles. The average Bonchev–Trinajstić information content (AvgIpc) is 2.52. The van der Waals surface area contributed by atoms with Crippen molar-refractivity contribution >= 4 is 17.6 Å². The van der Waals surface area contributed by atoms with Crippen molar-refractivity contribution in [2.45, 2.75) is 6.92 Å². The number of hydrogen-bond acceptors (Lipinski definition) is 2. The van der Waals surface area contributed by atoms with Gasteiger partial charge in [-0.05, 0) is 18.1 Å². The summed E-state index contributed by atoms with van der Waals surface area (Å²) in [6.07, 6.45) is 1.77. The zero-order valence-electron chi connectivity index (χ0n) is 12.1. The van der Waals surface area contributed by atoms with E-state index in [1.165, 1.54) is 0 Å². The Morgan fingerprint density at radius 3 is 2.43 bits per heavy atom. The lowest BCUT2D eigenvalue weighted by molar-refractivity contribution is 0.0901. The van der Waals surface area contributed by atoms with Gasteiger partial charge in [-0.1, -0.05) is 67.8 Å². The first-order valence-corrected chi connectivity index (χ1v) is 6.75. The topological polar surface area (TPSA) is 26.3 Å². The number of benzene rings is 2. The Hall–Kier alpha value is -2.61. The van der Waals surface area contributed by atoms with Crippen molar-refractivity contribution in [3.05, 3.63) is 83.9 Å². The fourth-order valence-corrected chi connectivity index (χ4v) is 2.00. The van der Waals surface area contributed by atoms with Crippen LogP contribution in [-0.4, -0.2) is 12.4 Å². The van der Waals surface area contributed by atoms with E-state index in [4.69, 9.17) is 4.74 Å². The second kappa shape index (κ2) is 6.71. The predicted octanol–water partition coefficient (Wildman–Crippen LogP) is 4.51. The highest BCUT2D eigenvalue weighted by Gasteiger charge is 2.10. The van der Waals surface area contributed by atoms with Crippen LogP contribution in [0.4, 0.5) is 0 Å². The third-order valence-corrected chi connectivity index (χ3v) is 3.29. The average molecular weight is 278 g/mol. The molecule has 2 aromatic carbocycles. The number of rotatable bonds is 6. The molecule has 0 fully saturated rings. The number of Topliss-reactive ketones (excluding diaryl/α,β-unsaturated/α-hetero) is 1. The summed E-state index contributed by atoms with van der Waals surface area (Å²) in [5, 5.41) is 0. The molecule has 2 heteroatoms. The van der Waals surface area contributed by atoms with Gasteiger partial charge in [0.2, 0.25) is 0 Å². The Balaban J connectivity index is 1.99. The Morgan fingerprint density at radius 2 is 1.81 bits per heavy atom. The van der Waals surface area contributed by atoms with Crippen molar-refractivity contribution in [3.63, 3.8) is 0 Å². The molecular weight excluding hydrogens is 260 g/mol. The number of hydrogen-bond donors (Lipinski definition) is 0. The Morgan fingerprint density at radius 1 is 1.14 bits per heavy atom. The van der Waals surface area contributed by atoms with Crippen LogP contribution in [0.5, 0.6) is 0 Å². The van der Waals surface area contributed by atoms with Crippen LogP contribution in [0.1, 0.15) is 27.0 Å². The van der Waals surface area contributed by atoms with E-state index >= 15 is 0 Å². The van der Waals surface area contributed by atoms with Gasteiger partial charge in [0, 0.05) is 11.1 Å². The molecule has 0 spiro atoms. The van der Waals surface area contributed by atoms with E-state index in [0.29, 0.717) is 11.3 Å². The first kappa shape index (κ1) is 14.8. The van der Waals surface area contributed by atoms with Crippen LogP contribution in [0.2, 0.25) is 0 Å². The highest BCUT2D eigenvalue weighted by Crippen LogP contribution is 2.16. The van der Waals surface area contributed by atoms with E-state index in [-0.39, 0.29) is 12.4 Å². The van der Waals surface area contributed by atoms with Crippen molar-refractivity contribution in [3.8, 4) is 0 Å². The normalized spacial score (nSPS) is 9.95. The quantitative estimate of drug-likeness (QED) is 0.574. The van der Waals surface area contributed by atoms with Crippen molar-refractivity contribution in [2.75, 3.05) is 6.61 Å². The molecule has 0 amide bonds. The molecule has 2 nitrogen and oxygen atoms in total. The van der Waals surface area contributed by atoms with E-state index in [2.05, 4.69) is 13.2 Å². The molecule has 0 aliphatic rings. The lowest BCUT2D eigenvalue weighted by atomic mass is 10.1. The number of aryl methyl sites for hydroxylation is 1. The first-order chi connectivity index (χ1) is 10.1. The molecule has 2 aromatic rings. The SMILES string of the molecule is C=Cc1ccc(C(=C)OCC(=O)c2ccccc2C)cc1. The lowest BCUT2D eigenvalue weighted by Crippen LogP contribution is -2.09. The van der Waals surface area contributed by atoms with Crippen molar-refractivity contribution < 1.29 is 9.53 Å². The van der Waals surface area contributed by atoms with Gasteiger partial charge in [0.05, 0.1) is 0 Å². The summed E-state index contributed by atoms with van der Waals surface area (Å²) >= 11 is 0. The smallest absolute Gasteiger partial charge is 0.200 e. The third kappa shape index (κ3) is 3.69. The van der Waals surface area contributed by atoms with Crippen LogP contribution in [-0.2, 0) is 4.74 Å². The first-order valence-electron chi connectivity index (χ1n) is 6.75. The molecule has 0 aromatic heterocycles. The Labute approximate surface area is 125 Å². The predicted molar refractivity (Wildman–Crippen MR) is 87.0 cm³/mol. The van der Waals surface area contributed by atoms with Crippen LogP contribution >= 0.6 is 0 Å². The summed E-state index contributed by atoms with van der Waals surface area (Å²) in [6, 6.07) is 15.1. The molecule has 0 aliphatic carbocycles. The van der Waals surface area contributed by atoms with Crippen LogP contribution in [0, 0.1) is 6.92 Å². The van der Waals surface area contributed by atoms with E-state index in [0.717, 1.165) is 16.7 Å². The zero-order valence-corrected chi connectivity index (χ0v) is 12.1. The molecule has 0 saturated heterocycles. The fraction of sp³-hybridized carbons (Fsp3) is 0.105. The fourth-order valence-electron chi connectivity index (χ4n) is 2.00. The van der Waals surface area contributed by atoms with Crippen molar-refractivity contribution in [2.24, 2.45) is 0 Å². The van der Waals surface area contributed by atoms with Gasteiger partial charge in [0.1, 0.15) is 5.76 Å². The molecule has 0 radical (unpaired) electrons. The second-order valence-corrected chi connectivity index (χ2v) is 4.78. The summed E-state index contributed by atoms with van der Waals surface area (Å²) in [5.74, 6) is 0.449. The largest absolute Gasteiger partial charge is 0.485 e. The summed E-state index contributed by atoms with van der Waals surface area (Å²) in [4.78, 5) is 12.1. The number of ether oxygens (including phenoxy) is 1. The van der Waals surface area contributed by atoms with E-state index in [9.17, 15) is 4.79 Å². The van der Waals surface area contributed by atoms with E-state index < -0.39 is 0 Å². The molecule has 0 unspecified atom stereocenters. The minimum atomic E-state index is -0.0445. The lowest BCUT2D eigenvalue weighted by Gasteiger charge is -2.10. The van der Waals surface area contributed by atoms with Gasteiger partial charge in [0.15, 0.2) is 12.4 Å². The molecule has 0 heterocycles. The molecule has 21 heavy (non-hydrogen) atoms. The van der Waals surface area contributed by atoms with Gasteiger partial charge in [-0.25, -0.2) is 0 Å². The minimum Gasteiger partial charge on any atom is -0.485 e. The van der Waals surface area contributed by atoms with Crippen molar-refractivity contribution in [1.82, 2.24) is 0 Å². The molecule has 2 rings (SSSR count). The summed E-state index contributed by atoms with van der Waals surface area (Å²) in [5.41, 5.74) is 3.53. The molecule has 0 saturated carbocycles. The minimum absolute atomic E-state index is 0.00705. The van der Waals surface area contributed by atoms with Crippen molar-refractivity contribution in [1.29, 1.82) is 0 Å². The van der Waals surface area contributed by atoms with Gasteiger partial charge in [0.25, 0.3) is 0 Å². The maximum atomic E-state index is 12.1. The number of carbonyl (C=O) groups is 1. The van der Waals surface area contributed by atoms with Crippen LogP contribution in [0.3, 0.4) is 0 Å². The molecular formula is C19H18O2. The maximum Gasteiger partial charge on any atom is 0.200 e. The number of carbonyl (C=O) groups excluding carboxylic acids is 1. The Kier molecular flexibility index (Phi) is 4.72. The van der Waals surface area contributed by atoms with Gasteiger partial charge >= 0.3 is 0 Å². The molecule has 106 valence electrons. The highest BCUT2D eigenvalue weighted by molar-refractivity contribution is 5.98. The van der Waals surface area contributed by atoms with Gasteiger partial charge in [-0.3, -0.25) is 4.79 Å². The highest BCUT2D eigenvalue weighted by atomic mass is 16.5. The maximum absolute atomic E-state index is 12.1. The summed E-state index contributed by atoms with van der Waals surface area (Å²) < 4.78 is 5.50. The molecule has 0 atom stereocenters. The van der Waals surface area contributed by atoms with Crippen LogP contribution < -0.4 is 0 Å². The Bertz CT molecular complexity index is 666. The van der Waals surface area contributed by atoms with Gasteiger partial charge in [-0.2, -0.15) is 0 Å². The standard InChI is InChI=1S/C19H18O2/c1-4-16-9-11-17(12-10-16)15(3)21-13-19(20)18-8-6-5-7-14(18)2/h4-12H,1,3,13H2,2H3. The molecule has 0 N–H and O–H groups in total. The number of ketones is 1. The van der Waals surface area contributed by atoms with Gasteiger partial charge < -0.3 is 4.74 Å². The molecule has 0 bridgehead atoms. The summed E-state index contributed by atoms with van der Waals surface area (Å²) in [7, 11) is 0. The van der Waals surface area contributed by atoms with Crippen LogP contribution in [0.25, 0.3) is 11.8 Å². The van der Waals surface area contributed by atoms with E-state index in [1.807, 2.05) is 55.5 Å². The second-order valence-electron chi connectivity index (χ2n) is 4.78. The summed E-state index contributed by atoms with van der Waals surface area (Å²) in [6.45, 7) is 9.48. The zero-order chi connectivity index (χ0) is 15.2. The van der Waals surface area contributed by atoms with Gasteiger partial charge in [-0.15, -0.1) is 0 Å². The third-order valence-electron chi connectivity index (χ3n) is 3.29.